The molecule has 5 nitrogen and oxygen atoms in total. The van der Waals surface area contributed by atoms with Gasteiger partial charge in [0.2, 0.25) is 0 Å². The highest BCUT2D eigenvalue weighted by Gasteiger charge is 2.16. The lowest BCUT2D eigenvalue weighted by Crippen LogP contribution is -1.98. The van der Waals surface area contributed by atoms with E-state index < -0.39 is 4.92 Å². The first-order valence-electron chi connectivity index (χ1n) is 6.04. The first-order valence-corrected chi connectivity index (χ1v) is 6.42. The van der Waals surface area contributed by atoms with Crippen molar-refractivity contribution in [2.75, 3.05) is 11.9 Å². The summed E-state index contributed by atoms with van der Waals surface area (Å²) in [6.07, 6.45) is 0. The predicted molar refractivity (Wildman–Crippen MR) is 79.0 cm³/mol. The van der Waals surface area contributed by atoms with Crippen molar-refractivity contribution in [3.05, 3.63) is 57.6 Å². The van der Waals surface area contributed by atoms with Gasteiger partial charge in [0.15, 0.2) is 0 Å². The first-order chi connectivity index (χ1) is 9.61. The number of rotatable bonds is 5. The maximum atomic E-state index is 11.0. The molecule has 104 valence electrons. The Morgan fingerprint density at radius 2 is 1.95 bits per heavy atom. The lowest BCUT2D eigenvalue weighted by atomic mass is 10.2. The summed E-state index contributed by atoms with van der Waals surface area (Å²) in [5.41, 5.74) is 0.916. The van der Waals surface area contributed by atoms with Crippen LogP contribution >= 0.6 is 11.6 Å². The summed E-state index contributed by atoms with van der Waals surface area (Å²) >= 11 is 6.01. The zero-order chi connectivity index (χ0) is 14.5. The van der Waals surface area contributed by atoms with Crippen molar-refractivity contribution in [1.29, 1.82) is 0 Å². The molecule has 0 radical (unpaired) electrons. The monoisotopic (exact) mass is 292 g/mol. The van der Waals surface area contributed by atoms with Crippen molar-refractivity contribution in [3.8, 4) is 5.75 Å². The van der Waals surface area contributed by atoms with Crippen molar-refractivity contribution < 1.29 is 9.66 Å². The van der Waals surface area contributed by atoms with Crippen LogP contribution in [0.5, 0.6) is 5.75 Å². The van der Waals surface area contributed by atoms with E-state index in [-0.39, 0.29) is 11.4 Å². The van der Waals surface area contributed by atoms with Crippen LogP contribution in [0.15, 0.2) is 42.5 Å². The van der Waals surface area contributed by atoms with E-state index in [1.165, 1.54) is 6.07 Å². The van der Waals surface area contributed by atoms with E-state index in [0.29, 0.717) is 17.3 Å². The summed E-state index contributed by atoms with van der Waals surface area (Å²) in [5.74, 6) is 0.742. The molecule has 2 aromatic rings. The minimum atomic E-state index is -0.469. The van der Waals surface area contributed by atoms with Crippen LogP contribution in [0.4, 0.5) is 17.1 Å². The van der Waals surface area contributed by atoms with E-state index >= 15 is 0 Å². The molecule has 2 aromatic carbocycles. The molecular weight excluding hydrogens is 280 g/mol. The molecule has 0 aliphatic heterocycles. The van der Waals surface area contributed by atoms with Crippen LogP contribution in [0.2, 0.25) is 5.02 Å². The van der Waals surface area contributed by atoms with Gasteiger partial charge in [0, 0.05) is 11.8 Å². The molecule has 0 saturated heterocycles. The van der Waals surface area contributed by atoms with E-state index in [9.17, 15) is 10.1 Å². The molecule has 1 N–H and O–H groups in total. The number of para-hydroxylation sites is 1. The van der Waals surface area contributed by atoms with Gasteiger partial charge in [-0.2, -0.15) is 0 Å². The van der Waals surface area contributed by atoms with E-state index in [1.54, 1.807) is 36.4 Å². The fraction of sp³-hybridized carbons (Fsp3) is 0.143. The number of nitrogens with zero attached hydrogens (tertiary/aromatic N) is 1. The second-order valence-electron chi connectivity index (χ2n) is 3.97. The van der Waals surface area contributed by atoms with E-state index in [1.807, 2.05) is 6.92 Å². The smallest absolute Gasteiger partial charge is 0.294 e. The second-order valence-corrected chi connectivity index (χ2v) is 4.38. The topological polar surface area (TPSA) is 64.4 Å². The number of nitro benzene ring substituents is 1. The molecule has 0 spiro atoms. The largest absolute Gasteiger partial charge is 0.494 e. The lowest BCUT2D eigenvalue weighted by Gasteiger charge is -2.09. The molecule has 0 aliphatic rings. The maximum Gasteiger partial charge on any atom is 0.294 e. The van der Waals surface area contributed by atoms with Gasteiger partial charge in [-0.25, -0.2) is 0 Å². The van der Waals surface area contributed by atoms with E-state index in [0.717, 1.165) is 5.75 Å². The van der Waals surface area contributed by atoms with Gasteiger partial charge in [-0.1, -0.05) is 17.7 Å². The zero-order valence-electron chi connectivity index (χ0n) is 10.8. The molecule has 0 aromatic heterocycles. The standard InChI is InChI=1S/C14H13ClN2O3/c1-2-20-11-8-6-10(7-9-11)16-14-12(15)4-3-5-13(14)17(18)19/h3-9,16H,2H2,1H3. The van der Waals surface area contributed by atoms with Crippen LogP contribution in [0.25, 0.3) is 0 Å². The predicted octanol–water partition coefficient (Wildman–Crippen LogP) is 4.39. The number of halogens is 1. The Kier molecular flexibility index (Phi) is 4.42. The van der Waals surface area contributed by atoms with Crippen LogP contribution < -0.4 is 10.1 Å². The van der Waals surface area contributed by atoms with Crippen LogP contribution in [-0.4, -0.2) is 11.5 Å². The number of benzene rings is 2. The Hall–Kier alpha value is -2.27. The number of ether oxygens (including phenoxy) is 1. The Labute approximate surface area is 121 Å². The van der Waals surface area contributed by atoms with Gasteiger partial charge in [-0.05, 0) is 37.3 Å². The molecule has 0 amide bonds. The Morgan fingerprint density at radius 1 is 1.25 bits per heavy atom. The highest BCUT2D eigenvalue weighted by molar-refractivity contribution is 6.33. The van der Waals surface area contributed by atoms with Gasteiger partial charge in [-0.3, -0.25) is 10.1 Å². The van der Waals surface area contributed by atoms with E-state index in [4.69, 9.17) is 16.3 Å². The molecule has 0 unspecified atom stereocenters. The van der Waals surface area contributed by atoms with Gasteiger partial charge in [-0.15, -0.1) is 0 Å². The summed E-state index contributed by atoms with van der Waals surface area (Å²) in [6, 6.07) is 11.7. The van der Waals surface area contributed by atoms with Crippen molar-refractivity contribution in [1.82, 2.24) is 0 Å². The van der Waals surface area contributed by atoms with Crippen LogP contribution in [-0.2, 0) is 0 Å². The quantitative estimate of drug-likeness (QED) is 0.655. The Bertz CT molecular complexity index is 614. The third kappa shape index (κ3) is 3.19. The SMILES string of the molecule is CCOc1ccc(Nc2c(Cl)cccc2[N+](=O)[O-])cc1. The molecule has 20 heavy (non-hydrogen) atoms. The summed E-state index contributed by atoms with van der Waals surface area (Å²) in [6.45, 7) is 2.49. The Morgan fingerprint density at radius 3 is 2.55 bits per heavy atom. The van der Waals surface area contributed by atoms with Crippen molar-refractivity contribution >= 4 is 28.7 Å². The average Bonchev–Trinajstić information content (AvgIpc) is 2.43. The average molecular weight is 293 g/mol. The fourth-order valence-corrected chi connectivity index (χ4v) is 1.95. The summed E-state index contributed by atoms with van der Waals surface area (Å²) < 4.78 is 5.33. The number of nitrogens with one attached hydrogen (secondary N) is 1. The number of hydrogen-bond acceptors (Lipinski definition) is 4. The molecule has 0 saturated carbocycles. The van der Waals surface area contributed by atoms with Gasteiger partial charge in [0.05, 0.1) is 16.6 Å². The van der Waals surface area contributed by atoms with Gasteiger partial charge < -0.3 is 10.1 Å². The molecule has 0 atom stereocenters. The molecule has 6 heteroatoms. The third-order valence-electron chi connectivity index (χ3n) is 2.62. The fourth-order valence-electron chi connectivity index (χ4n) is 1.73. The van der Waals surface area contributed by atoms with Crippen molar-refractivity contribution in [2.45, 2.75) is 6.92 Å². The van der Waals surface area contributed by atoms with Gasteiger partial charge >= 0.3 is 0 Å². The maximum absolute atomic E-state index is 11.0. The molecule has 0 fully saturated rings. The molecule has 0 bridgehead atoms. The van der Waals surface area contributed by atoms with Crippen molar-refractivity contribution in [3.63, 3.8) is 0 Å². The molecule has 0 aliphatic carbocycles. The zero-order valence-corrected chi connectivity index (χ0v) is 11.6. The minimum Gasteiger partial charge on any atom is -0.494 e. The normalized spacial score (nSPS) is 10.1. The number of nitro groups is 1. The van der Waals surface area contributed by atoms with Crippen LogP contribution in [0, 0.1) is 10.1 Å². The van der Waals surface area contributed by atoms with Crippen LogP contribution in [0.1, 0.15) is 6.92 Å². The molecular formula is C14H13ClN2O3. The third-order valence-corrected chi connectivity index (χ3v) is 2.94. The summed E-state index contributed by atoms with van der Waals surface area (Å²) in [4.78, 5) is 10.5. The first kappa shape index (κ1) is 14.1. The van der Waals surface area contributed by atoms with Crippen LogP contribution in [0.3, 0.4) is 0 Å². The lowest BCUT2D eigenvalue weighted by molar-refractivity contribution is -0.383. The van der Waals surface area contributed by atoms with Crippen molar-refractivity contribution in [2.24, 2.45) is 0 Å². The molecule has 2 rings (SSSR count). The summed E-state index contributed by atoms with van der Waals surface area (Å²) in [7, 11) is 0. The Balaban J connectivity index is 2.27. The highest BCUT2D eigenvalue weighted by atomic mass is 35.5. The number of anilines is 2. The van der Waals surface area contributed by atoms with Gasteiger partial charge in [0.1, 0.15) is 11.4 Å². The molecule has 0 heterocycles. The minimum absolute atomic E-state index is 0.0635. The van der Waals surface area contributed by atoms with Gasteiger partial charge in [0.25, 0.3) is 5.69 Å². The van der Waals surface area contributed by atoms with E-state index in [2.05, 4.69) is 5.32 Å². The summed E-state index contributed by atoms with van der Waals surface area (Å²) in [5, 5.41) is 14.3. The highest BCUT2D eigenvalue weighted by Crippen LogP contribution is 2.34. The second kappa shape index (κ2) is 6.25. The number of hydrogen-bond donors (Lipinski definition) is 1.